The van der Waals surface area contributed by atoms with Crippen molar-refractivity contribution >= 4 is 21.4 Å². The zero-order valence-corrected chi connectivity index (χ0v) is 11.8. The highest BCUT2D eigenvalue weighted by atomic mass is 32.1. The second-order valence-electron chi connectivity index (χ2n) is 4.62. The lowest BCUT2D eigenvalue weighted by Gasteiger charge is -2.12. The van der Waals surface area contributed by atoms with E-state index in [9.17, 15) is 0 Å². The Morgan fingerprint density at radius 3 is 2.95 bits per heavy atom. The number of nitrogens with one attached hydrogen (secondary N) is 2. The van der Waals surface area contributed by atoms with Gasteiger partial charge in [-0.25, -0.2) is 4.98 Å². The molecule has 3 aromatic rings. The number of aromatic amines is 1. The number of nitrogens with zero attached hydrogens (tertiary/aromatic N) is 2. The fourth-order valence-corrected chi connectivity index (χ4v) is 3.50. The lowest BCUT2D eigenvalue weighted by atomic mass is 10.1. The third kappa shape index (κ3) is 2.39. The van der Waals surface area contributed by atoms with Crippen LogP contribution in [0.2, 0.25) is 0 Å². The van der Waals surface area contributed by atoms with Gasteiger partial charge in [0, 0.05) is 15.6 Å². The molecule has 1 aromatic carbocycles. The Bertz CT molecular complexity index is 672. The second-order valence-corrected chi connectivity index (χ2v) is 5.71. The van der Waals surface area contributed by atoms with Crippen LogP contribution in [0.25, 0.3) is 10.1 Å². The minimum atomic E-state index is 0.308. The molecule has 2 N–H and O–H groups in total. The van der Waals surface area contributed by atoms with E-state index in [-0.39, 0.29) is 0 Å². The monoisotopic (exact) mass is 272 g/mol. The second kappa shape index (κ2) is 5.11. The summed E-state index contributed by atoms with van der Waals surface area (Å²) in [7, 11) is 0. The molecule has 2 aromatic heterocycles. The Hall–Kier alpha value is -1.72. The molecule has 0 radical (unpaired) electrons. The molecule has 4 nitrogen and oxygen atoms in total. The molecule has 1 atom stereocenters. The van der Waals surface area contributed by atoms with E-state index in [0.717, 1.165) is 5.82 Å². The number of fused-ring (bicyclic) bond motifs is 1. The van der Waals surface area contributed by atoms with E-state index < -0.39 is 0 Å². The fraction of sp³-hybridized carbons (Fsp3) is 0.286. The Morgan fingerprint density at radius 1 is 1.37 bits per heavy atom. The van der Waals surface area contributed by atoms with Crippen LogP contribution in [0.15, 0.2) is 30.6 Å². The summed E-state index contributed by atoms with van der Waals surface area (Å²) >= 11 is 1.86. The van der Waals surface area contributed by atoms with E-state index in [0.29, 0.717) is 12.6 Å². The number of thiophene rings is 1. The molecule has 0 aliphatic rings. The predicted molar refractivity (Wildman–Crippen MR) is 78.2 cm³/mol. The topological polar surface area (TPSA) is 53.6 Å². The summed E-state index contributed by atoms with van der Waals surface area (Å²) in [6, 6.07) is 8.86. The predicted octanol–water partition coefficient (Wildman–Crippen LogP) is 3.18. The van der Waals surface area contributed by atoms with Gasteiger partial charge in [-0.2, -0.15) is 5.10 Å². The first-order valence-electron chi connectivity index (χ1n) is 6.31. The third-order valence-corrected chi connectivity index (χ3v) is 4.77. The lowest BCUT2D eigenvalue weighted by molar-refractivity contribution is 0.566. The van der Waals surface area contributed by atoms with Gasteiger partial charge in [0.1, 0.15) is 12.2 Å². The molecule has 0 amide bonds. The van der Waals surface area contributed by atoms with Gasteiger partial charge in [-0.3, -0.25) is 5.10 Å². The number of aromatic nitrogens is 3. The van der Waals surface area contributed by atoms with Gasteiger partial charge in [-0.05, 0) is 30.9 Å². The number of hydrogen-bond donors (Lipinski definition) is 2. The largest absolute Gasteiger partial charge is 0.302 e. The molecule has 3 rings (SSSR count). The average molecular weight is 272 g/mol. The maximum atomic E-state index is 4.12. The molecule has 1 unspecified atom stereocenters. The van der Waals surface area contributed by atoms with E-state index in [1.54, 1.807) is 0 Å². The summed E-state index contributed by atoms with van der Waals surface area (Å²) in [5.41, 5.74) is 1.37. The highest BCUT2D eigenvalue weighted by molar-refractivity contribution is 7.19. The van der Waals surface area contributed by atoms with Crippen LogP contribution >= 0.6 is 11.3 Å². The minimum Gasteiger partial charge on any atom is -0.302 e. The molecule has 2 heterocycles. The standard InChI is InChI=1S/C14H16N4S/c1-9-11-5-3-4-6-12(11)19-14(9)10(2)15-7-13-16-8-17-18-13/h3-6,8,10,15H,7H2,1-2H3,(H,16,17,18). The van der Waals surface area contributed by atoms with Gasteiger partial charge in [0.25, 0.3) is 0 Å². The number of rotatable bonds is 4. The normalized spacial score (nSPS) is 12.9. The summed E-state index contributed by atoms with van der Waals surface area (Å²) in [4.78, 5) is 5.51. The van der Waals surface area contributed by atoms with Crippen LogP contribution in [0.1, 0.15) is 29.2 Å². The zero-order chi connectivity index (χ0) is 13.2. The maximum absolute atomic E-state index is 4.12. The molecular weight excluding hydrogens is 256 g/mol. The van der Waals surface area contributed by atoms with Crippen molar-refractivity contribution in [2.75, 3.05) is 0 Å². The number of aryl methyl sites for hydroxylation is 1. The number of H-pyrrole nitrogens is 1. The van der Waals surface area contributed by atoms with Crippen LogP contribution in [0, 0.1) is 6.92 Å². The van der Waals surface area contributed by atoms with Gasteiger partial charge in [0.2, 0.25) is 0 Å². The number of benzene rings is 1. The summed E-state index contributed by atoms with van der Waals surface area (Å²) in [6.07, 6.45) is 1.53. The van der Waals surface area contributed by atoms with Crippen molar-refractivity contribution in [2.45, 2.75) is 26.4 Å². The molecule has 5 heteroatoms. The Kier molecular flexibility index (Phi) is 3.31. The highest BCUT2D eigenvalue weighted by Crippen LogP contribution is 2.34. The molecule has 19 heavy (non-hydrogen) atoms. The van der Waals surface area contributed by atoms with Crippen molar-refractivity contribution in [1.82, 2.24) is 20.5 Å². The first kappa shape index (κ1) is 12.3. The Morgan fingerprint density at radius 2 is 2.21 bits per heavy atom. The van der Waals surface area contributed by atoms with Crippen LogP contribution in [0.5, 0.6) is 0 Å². The van der Waals surface area contributed by atoms with Crippen molar-refractivity contribution in [3.05, 3.63) is 46.9 Å². The van der Waals surface area contributed by atoms with Gasteiger partial charge in [0.15, 0.2) is 0 Å². The van der Waals surface area contributed by atoms with Crippen molar-refractivity contribution in [3.63, 3.8) is 0 Å². The SMILES string of the molecule is Cc1c(C(C)NCc2ncn[nH]2)sc2ccccc12. The van der Waals surface area contributed by atoms with Crippen LogP contribution in [-0.4, -0.2) is 15.2 Å². The molecular formula is C14H16N4S. The van der Waals surface area contributed by atoms with Crippen molar-refractivity contribution in [1.29, 1.82) is 0 Å². The van der Waals surface area contributed by atoms with Gasteiger partial charge >= 0.3 is 0 Å². The Balaban J connectivity index is 1.81. The molecule has 98 valence electrons. The highest BCUT2D eigenvalue weighted by Gasteiger charge is 2.14. The Labute approximate surface area is 115 Å². The smallest absolute Gasteiger partial charge is 0.138 e. The van der Waals surface area contributed by atoms with E-state index >= 15 is 0 Å². The summed E-state index contributed by atoms with van der Waals surface area (Å²) < 4.78 is 1.35. The van der Waals surface area contributed by atoms with Crippen LogP contribution in [0.3, 0.4) is 0 Å². The van der Waals surface area contributed by atoms with E-state index in [4.69, 9.17) is 0 Å². The third-order valence-electron chi connectivity index (χ3n) is 3.31. The number of hydrogen-bond acceptors (Lipinski definition) is 4. The summed E-state index contributed by atoms with van der Waals surface area (Å²) in [5.74, 6) is 0.866. The molecule has 0 spiro atoms. The molecule has 0 aliphatic heterocycles. The van der Waals surface area contributed by atoms with E-state index in [2.05, 4.69) is 58.6 Å². The average Bonchev–Trinajstić information content (AvgIpc) is 3.05. The van der Waals surface area contributed by atoms with Crippen LogP contribution < -0.4 is 5.32 Å². The van der Waals surface area contributed by atoms with Gasteiger partial charge in [0.05, 0.1) is 6.54 Å². The van der Waals surface area contributed by atoms with Crippen LogP contribution in [0.4, 0.5) is 0 Å². The first-order valence-corrected chi connectivity index (χ1v) is 7.13. The van der Waals surface area contributed by atoms with Crippen molar-refractivity contribution in [2.24, 2.45) is 0 Å². The fourth-order valence-electron chi connectivity index (χ4n) is 2.26. The van der Waals surface area contributed by atoms with E-state index in [1.807, 2.05) is 11.3 Å². The molecule has 0 saturated heterocycles. The van der Waals surface area contributed by atoms with Gasteiger partial charge < -0.3 is 5.32 Å². The van der Waals surface area contributed by atoms with Gasteiger partial charge in [-0.15, -0.1) is 11.3 Å². The lowest BCUT2D eigenvalue weighted by Crippen LogP contribution is -2.18. The summed E-state index contributed by atoms with van der Waals surface area (Å²) in [6.45, 7) is 5.09. The molecule has 0 fully saturated rings. The zero-order valence-electron chi connectivity index (χ0n) is 11.0. The maximum Gasteiger partial charge on any atom is 0.138 e. The van der Waals surface area contributed by atoms with Crippen LogP contribution in [-0.2, 0) is 6.54 Å². The first-order chi connectivity index (χ1) is 9.25. The quantitative estimate of drug-likeness (QED) is 0.767. The minimum absolute atomic E-state index is 0.308. The van der Waals surface area contributed by atoms with Crippen molar-refractivity contribution in [3.8, 4) is 0 Å². The molecule has 0 bridgehead atoms. The molecule has 0 aliphatic carbocycles. The van der Waals surface area contributed by atoms with Gasteiger partial charge in [-0.1, -0.05) is 18.2 Å². The van der Waals surface area contributed by atoms with Crippen molar-refractivity contribution < 1.29 is 0 Å². The van der Waals surface area contributed by atoms with E-state index in [1.165, 1.54) is 26.9 Å². The summed E-state index contributed by atoms with van der Waals surface area (Å²) in [5, 5.41) is 11.6. The molecule has 0 saturated carbocycles.